The molecule has 17 heavy (non-hydrogen) atoms. The number of esters is 1. The number of benzene rings is 1. The van der Waals surface area contributed by atoms with Gasteiger partial charge >= 0.3 is 12.1 Å². The molecule has 0 aliphatic rings. The number of halogens is 3. The van der Waals surface area contributed by atoms with Gasteiger partial charge in [0.05, 0.1) is 5.56 Å². The van der Waals surface area contributed by atoms with Gasteiger partial charge in [-0.25, -0.2) is 0 Å². The van der Waals surface area contributed by atoms with Crippen LogP contribution in [0.2, 0.25) is 0 Å². The molecule has 0 saturated heterocycles. The zero-order chi connectivity index (χ0) is 13.1. The Hall–Kier alpha value is -1.52. The molecule has 0 spiro atoms. The molecule has 1 aromatic carbocycles. The summed E-state index contributed by atoms with van der Waals surface area (Å²) in [5, 5.41) is 0. The van der Waals surface area contributed by atoms with Gasteiger partial charge in [-0.2, -0.15) is 13.2 Å². The van der Waals surface area contributed by atoms with Gasteiger partial charge in [-0.3, -0.25) is 4.79 Å². The molecular formula is C12H13F3O2. The fraction of sp³-hybridized carbons (Fsp3) is 0.417. The summed E-state index contributed by atoms with van der Waals surface area (Å²) in [5.74, 6) is -0.440. The molecule has 0 saturated carbocycles. The summed E-state index contributed by atoms with van der Waals surface area (Å²) in [6.07, 6.45) is -4.51. The van der Waals surface area contributed by atoms with Gasteiger partial charge in [-0.05, 0) is 18.6 Å². The second-order valence-corrected chi connectivity index (χ2v) is 3.82. The molecular weight excluding hydrogens is 233 g/mol. The number of alkyl halides is 3. The lowest BCUT2D eigenvalue weighted by Gasteiger charge is -2.13. The maximum atomic E-state index is 12.4. The van der Waals surface area contributed by atoms with Crippen molar-refractivity contribution in [2.24, 2.45) is 0 Å². The number of hydrogen-bond donors (Lipinski definition) is 0. The van der Waals surface area contributed by atoms with Crippen molar-refractivity contribution in [2.75, 3.05) is 0 Å². The Kier molecular flexibility index (Phi) is 4.15. The minimum atomic E-state index is -4.35. The highest BCUT2D eigenvalue weighted by molar-refractivity contribution is 5.66. The van der Waals surface area contributed by atoms with E-state index in [1.54, 1.807) is 13.0 Å². The smallest absolute Gasteiger partial charge is 0.416 e. The fourth-order valence-electron chi connectivity index (χ4n) is 1.53. The van der Waals surface area contributed by atoms with E-state index in [0.717, 1.165) is 12.1 Å². The first kappa shape index (κ1) is 13.5. The number of ether oxygens (including phenoxy) is 1. The summed E-state index contributed by atoms with van der Waals surface area (Å²) in [4.78, 5) is 10.7. The number of carbonyl (C=O) groups excluding carboxylic acids is 1. The summed E-state index contributed by atoms with van der Waals surface area (Å²) in [5.41, 5.74) is -0.196. The zero-order valence-electron chi connectivity index (χ0n) is 9.54. The van der Waals surface area contributed by atoms with Crippen molar-refractivity contribution in [1.82, 2.24) is 0 Å². The summed E-state index contributed by atoms with van der Waals surface area (Å²) >= 11 is 0. The lowest BCUT2D eigenvalue weighted by Crippen LogP contribution is -2.15. The van der Waals surface area contributed by atoms with Crippen molar-refractivity contribution < 1.29 is 22.7 Å². The first-order valence-corrected chi connectivity index (χ1v) is 5.12. The Morgan fingerprint density at radius 1 is 1.41 bits per heavy atom. The Morgan fingerprint density at radius 3 is 2.59 bits per heavy atom. The maximum absolute atomic E-state index is 12.4. The van der Waals surface area contributed by atoms with Crippen LogP contribution in [0, 0.1) is 0 Å². The Bertz CT molecular complexity index is 399. The van der Waals surface area contributed by atoms with E-state index in [4.69, 9.17) is 4.74 Å². The van der Waals surface area contributed by atoms with Gasteiger partial charge < -0.3 is 4.74 Å². The SMILES string of the molecule is CC(=O)O[C@@H](C)Cc1cccc(C(F)(F)F)c1. The van der Waals surface area contributed by atoms with Gasteiger partial charge in [0, 0.05) is 13.3 Å². The van der Waals surface area contributed by atoms with Gasteiger partial charge in [-0.1, -0.05) is 18.2 Å². The molecule has 0 amide bonds. The van der Waals surface area contributed by atoms with Crippen molar-refractivity contribution in [3.63, 3.8) is 0 Å². The molecule has 1 aromatic rings. The lowest BCUT2D eigenvalue weighted by molar-refractivity contribution is -0.145. The summed E-state index contributed by atoms with van der Waals surface area (Å²) < 4.78 is 42.1. The Morgan fingerprint density at radius 2 is 2.06 bits per heavy atom. The van der Waals surface area contributed by atoms with Crippen LogP contribution in [0.3, 0.4) is 0 Å². The monoisotopic (exact) mass is 246 g/mol. The van der Waals surface area contributed by atoms with Gasteiger partial charge in [0.25, 0.3) is 0 Å². The van der Waals surface area contributed by atoms with Gasteiger partial charge in [0.15, 0.2) is 0 Å². The highest BCUT2D eigenvalue weighted by Gasteiger charge is 2.30. The van der Waals surface area contributed by atoms with E-state index >= 15 is 0 Å². The van der Waals surface area contributed by atoms with E-state index in [1.807, 2.05) is 0 Å². The van der Waals surface area contributed by atoms with E-state index < -0.39 is 23.8 Å². The first-order valence-electron chi connectivity index (χ1n) is 5.12. The van der Waals surface area contributed by atoms with Crippen LogP contribution in [-0.4, -0.2) is 12.1 Å². The molecule has 94 valence electrons. The third-order valence-electron chi connectivity index (χ3n) is 2.14. The van der Waals surface area contributed by atoms with Gasteiger partial charge in [0.1, 0.15) is 6.10 Å². The second kappa shape index (κ2) is 5.21. The summed E-state index contributed by atoms with van der Waals surface area (Å²) in [6, 6.07) is 5.01. The molecule has 0 aliphatic carbocycles. The summed E-state index contributed by atoms with van der Waals surface area (Å²) in [7, 11) is 0. The average molecular weight is 246 g/mol. The van der Waals surface area contributed by atoms with Crippen molar-refractivity contribution in [1.29, 1.82) is 0 Å². The van der Waals surface area contributed by atoms with Crippen molar-refractivity contribution in [2.45, 2.75) is 32.5 Å². The highest BCUT2D eigenvalue weighted by atomic mass is 19.4. The molecule has 0 heterocycles. The molecule has 0 unspecified atom stereocenters. The predicted molar refractivity (Wildman–Crippen MR) is 56.4 cm³/mol. The van der Waals surface area contributed by atoms with Crippen LogP contribution in [0.5, 0.6) is 0 Å². The second-order valence-electron chi connectivity index (χ2n) is 3.82. The molecule has 1 atom stereocenters. The molecule has 0 N–H and O–H groups in total. The first-order chi connectivity index (χ1) is 7.79. The molecule has 0 radical (unpaired) electrons. The standard InChI is InChI=1S/C12H13F3O2/c1-8(17-9(2)16)6-10-4-3-5-11(7-10)12(13,14)15/h3-5,7-8H,6H2,1-2H3/t8-/m0/s1. The van der Waals surface area contributed by atoms with Crippen molar-refractivity contribution >= 4 is 5.97 Å². The van der Waals surface area contributed by atoms with Crippen LogP contribution in [0.4, 0.5) is 13.2 Å². The van der Waals surface area contributed by atoms with Crippen molar-refractivity contribution in [3.8, 4) is 0 Å². The number of hydrogen-bond acceptors (Lipinski definition) is 2. The highest BCUT2D eigenvalue weighted by Crippen LogP contribution is 2.29. The summed E-state index contributed by atoms with van der Waals surface area (Å²) in [6.45, 7) is 2.91. The van der Waals surface area contributed by atoms with E-state index in [1.165, 1.54) is 13.0 Å². The number of carbonyl (C=O) groups is 1. The van der Waals surface area contributed by atoms with Crippen LogP contribution in [0.25, 0.3) is 0 Å². The molecule has 0 aliphatic heterocycles. The van der Waals surface area contributed by atoms with Crippen molar-refractivity contribution in [3.05, 3.63) is 35.4 Å². The third kappa shape index (κ3) is 4.46. The van der Waals surface area contributed by atoms with E-state index in [9.17, 15) is 18.0 Å². The van der Waals surface area contributed by atoms with E-state index in [-0.39, 0.29) is 6.42 Å². The molecule has 5 heteroatoms. The third-order valence-corrected chi connectivity index (χ3v) is 2.14. The average Bonchev–Trinajstić information content (AvgIpc) is 2.15. The van der Waals surface area contributed by atoms with Crippen LogP contribution >= 0.6 is 0 Å². The molecule has 0 aromatic heterocycles. The van der Waals surface area contributed by atoms with Gasteiger partial charge in [-0.15, -0.1) is 0 Å². The number of rotatable bonds is 3. The molecule has 0 fully saturated rings. The van der Waals surface area contributed by atoms with Crippen LogP contribution in [-0.2, 0) is 22.1 Å². The van der Waals surface area contributed by atoms with Crippen LogP contribution < -0.4 is 0 Å². The zero-order valence-corrected chi connectivity index (χ0v) is 9.54. The molecule has 2 nitrogen and oxygen atoms in total. The molecule has 0 bridgehead atoms. The maximum Gasteiger partial charge on any atom is 0.416 e. The normalized spacial score (nSPS) is 13.2. The Labute approximate surface area is 97.4 Å². The van der Waals surface area contributed by atoms with Crippen LogP contribution in [0.1, 0.15) is 25.0 Å². The van der Waals surface area contributed by atoms with E-state index in [0.29, 0.717) is 5.56 Å². The van der Waals surface area contributed by atoms with Gasteiger partial charge in [0.2, 0.25) is 0 Å². The lowest BCUT2D eigenvalue weighted by atomic mass is 10.1. The Balaban J connectivity index is 2.76. The largest absolute Gasteiger partial charge is 0.463 e. The topological polar surface area (TPSA) is 26.3 Å². The van der Waals surface area contributed by atoms with Crippen LogP contribution in [0.15, 0.2) is 24.3 Å². The minimum Gasteiger partial charge on any atom is -0.463 e. The molecule has 1 rings (SSSR count). The predicted octanol–water partition coefficient (Wildman–Crippen LogP) is 3.20. The van der Waals surface area contributed by atoms with E-state index in [2.05, 4.69) is 0 Å². The fourth-order valence-corrected chi connectivity index (χ4v) is 1.53. The quantitative estimate of drug-likeness (QED) is 0.765. The minimum absolute atomic E-state index is 0.267.